The fourth-order valence-corrected chi connectivity index (χ4v) is 6.22. The summed E-state index contributed by atoms with van der Waals surface area (Å²) in [6.07, 6.45) is -5.20. The van der Waals surface area contributed by atoms with Gasteiger partial charge in [0, 0.05) is 12.6 Å². The number of aliphatic hydroxyl groups is 1. The molecule has 3 aromatic heterocycles. The van der Waals surface area contributed by atoms with E-state index in [2.05, 4.69) is 31.0 Å². The number of nitrogens with zero attached hydrogens (tertiary/aromatic N) is 6. The molecule has 0 bridgehead atoms. The van der Waals surface area contributed by atoms with Gasteiger partial charge in [-0.1, -0.05) is 6.08 Å². The van der Waals surface area contributed by atoms with Crippen molar-refractivity contribution in [1.29, 1.82) is 0 Å². The van der Waals surface area contributed by atoms with Gasteiger partial charge in [-0.05, 0) is 6.07 Å². The lowest BCUT2D eigenvalue weighted by Crippen LogP contribution is -2.38. The maximum atomic E-state index is 13.1. The van der Waals surface area contributed by atoms with Gasteiger partial charge in [-0.3, -0.25) is 27.5 Å². The third-order valence-electron chi connectivity index (χ3n) is 6.97. The number of carbonyl (C=O) groups excluding carboxylic acids is 1. The van der Waals surface area contributed by atoms with E-state index in [-0.39, 0.29) is 35.6 Å². The van der Waals surface area contributed by atoms with Crippen LogP contribution >= 0.6 is 15.6 Å². The lowest BCUT2D eigenvalue weighted by molar-refractivity contribution is -0.155. The Morgan fingerprint density at radius 3 is 2.55 bits per heavy atom. The largest absolute Gasteiger partial charge is 0.472 e. The molecule has 0 radical (unpaired) electrons. The summed E-state index contributed by atoms with van der Waals surface area (Å²) in [4.78, 5) is 69.3. The fraction of sp³-hybridized carbons (Fsp3) is 0.478. The SMILES string of the molecule is C=CCC(=O)O[C@@H]1C(COP(=O)(O)O[C@H]2C[C@H](n3ccc(N)nc3=O)O[C@@H]2COP(=O)(O)O)O[C@@H](n2cnc3c(N)ncnc32)[C@@H]1O. The van der Waals surface area contributed by atoms with Gasteiger partial charge >= 0.3 is 27.3 Å². The van der Waals surface area contributed by atoms with E-state index in [1.165, 1.54) is 29.2 Å². The Morgan fingerprint density at radius 1 is 1.11 bits per heavy atom. The zero-order valence-electron chi connectivity index (χ0n) is 24.1. The maximum absolute atomic E-state index is 13.1. The zero-order chi connectivity index (χ0) is 34.1. The topological polar surface area (TPSA) is 318 Å². The van der Waals surface area contributed by atoms with Crippen molar-refractivity contribution in [3.05, 3.63) is 48.1 Å². The second-order valence-corrected chi connectivity index (χ2v) is 12.8. The van der Waals surface area contributed by atoms with Crippen LogP contribution in [0.5, 0.6) is 0 Å². The van der Waals surface area contributed by atoms with Crippen molar-refractivity contribution in [2.75, 3.05) is 24.7 Å². The van der Waals surface area contributed by atoms with Gasteiger partial charge in [0.05, 0.1) is 26.0 Å². The van der Waals surface area contributed by atoms with Gasteiger partial charge in [-0.2, -0.15) is 4.98 Å². The van der Waals surface area contributed by atoms with Gasteiger partial charge < -0.3 is 45.5 Å². The van der Waals surface area contributed by atoms with Crippen LogP contribution in [0.15, 0.2) is 42.4 Å². The van der Waals surface area contributed by atoms with Crippen LogP contribution in [0, 0.1) is 0 Å². The Balaban J connectivity index is 1.32. The van der Waals surface area contributed by atoms with Crippen molar-refractivity contribution in [3.63, 3.8) is 0 Å². The molecule has 5 rings (SSSR count). The summed E-state index contributed by atoms with van der Waals surface area (Å²) >= 11 is 0. The van der Waals surface area contributed by atoms with Gasteiger partial charge in [0.2, 0.25) is 0 Å². The van der Waals surface area contributed by atoms with Crippen LogP contribution < -0.4 is 17.2 Å². The highest BCUT2D eigenvalue weighted by molar-refractivity contribution is 7.47. The Kier molecular flexibility index (Phi) is 10.2. The van der Waals surface area contributed by atoms with E-state index in [4.69, 9.17) is 44.5 Å². The number of nitrogen functional groups attached to an aromatic ring is 2. The number of anilines is 2. The Bertz CT molecular complexity index is 1780. The van der Waals surface area contributed by atoms with Crippen molar-refractivity contribution in [2.24, 2.45) is 0 Å². The molecule has 8 N–H and O–H groups in total. The van der Waals surface area contributed by atoms with E-state index in [0.717, 1.165) is 10.9 Å². The molecule has 0 amide bonds. The summed E-state index contributed by atoms with van der Waals surface area (Å²) < 4.78 is 58.6. The molecule has 47 heavy (non-hydrogen) atoms. The molecule has 256 valence electrons. The molecular weight excluding hydrogens is 674 g/mol. The van der Waals surface area contributed by atoms with E-state index >= 15 is 0 Å². The lowest BCUT2D eigenvalue weighted by atomic mass is 10.1. The number of phosphoric acid groups is 2. The van der Waals surface area contributed by atoms with Gasteiger partial charge in [0.1, 0.15) is 48.3 Å². The van der Waals surface area contributed by atoms with Crippen molar-refractivity contribution in [2.45, 2.75) is 55.8 Å². The molecule has 8 atom stereocenters. The first-order valence-electron chi connectivity index (χ1n) is 13.6. The number of hydrogen-bond acceptors (Lipinski definition) is 17. The molecule has 2 unspecified atom stereocenters. The third kappa shape index (κ3) is 8.08. The summed E-state index contributed by atoms with van der Waals surface area (Å²) in [6.45, 7) is 1.87. The summed E-state index contributed by atoms with van der Waals surface area (Å²) in [5, 5.41) is 11.1. The van der Waals surface area contributed by atoms with Crippen LogP contribution in [0.4, 0.5) is 11.6 Å². The maximum Gasteiger partial charge on any atom is 0.472 e. The van der Waals surface area contributed by atoms with Crippen LogP contribution in [0.25, 0.3) is 11.2 Å². The van der Waals surface area contributed by atoms with E-state index in [1.807, 2.05) is 0 Å². The molecule has 0 spiro atoms. The second kappa shape index (κ2) is 13.8. The van der Waals surface area contributed by atoms with Crippen LogP contribution in [0.3, 0.4) is 0 Å². The highest BCUT2D eigenvalue weighted by atomic mass is 31.2. The first-order chi connectivity index (χ1) is 22.2. The van der Waals surface area contributed by atoms with E-state index < -0.39 is 83.5 Å². The predicted octanol–water partition coefficient (Wildman–Crippen LogP) is -1.11. The summed E-state index contributed by atoms with van der Waals surface area (Å²) in [6, 6.07) is 1.29. The molecule has 2 saturated heterocycles. The Labute approximate surface area is 263 Å². The quantitative estimate of drug-likeness (QED) is 0.0698. The molecule has 3 aromatic rings. The fourth-order valence-electron chi connectivity index (χ4n) is 4.92. The number of esters is 1. The van der Waals surface area contributed by atoms with E-state index in [9.17, 15) is 28.7 Å². The first-order valence-corrected chi connectivity index (χ1v) is 16.6. The van der Waals surface area contributed by atoms with Gasteiger partial charge in [-0.25, -0.2) is 28.9 Å². The molecule has 2 aliphatic heterocycles. The number of phosphoric ester groups is 2. The van der Waals surface area contributed by atoms with Crippen molar-refractivity contribution in [1.82, 2.24) is 29.1 Å². The highest BCUT2D eigenvalue weighted by Crippen LogP contribution is 2.50. The normalized spacial score (nSPS) is 27.5. The molecule has 0 saturated carbocycles. The van der Waals surface area contributed by atoms with Crippen molar-refractivity contribution < 1.29 is 61.5 Å². The minimum absolute atomic E-state index is 0.0496. The van der Waals surface area contributed by atoms with Gasteiger partial charge in [0.15, 0.2) is 23.8 Å². The smallest absolute Gasteiger partial charge is 0.456 e. The second-order valence-electron chi connectivity index (χ2n) is 10.2. The number of rotatable bonds is 13. The van der Waals surface area contributed by atoms with Crippen LogP contribution in [0.1, 0.15) is 25.3 Å². The summed E-state index contributed by atoms with van der Waals surface area (Å²) in [5.41, 5.74) is 10.9. The van der Waals surface area contributed by atoms with Crippen LogP contribution in [0.2, 0.25) is 0 Å². The minimum Gasteiger partial charge on any atom is -0.456 e. The van der Waals surface area contributed by atoms with E-state index in [1.54, 1.807) is 0 Å². The standard InChI is InChI=1S/C23H30N8O14P2/c1-2-3-16(32)44-19-13(43-22(18(19)33)31-10-28-17-20(25)26-9-27-21(17)31)8-41-47(38,39)45-11-6-15(30-5-4-14(24)29-23(30)34)42-12(11)7-40-46(35,36)37/h2,4-5,9-13,15,18-19,22,33H,1,3,6-8H2,(H,38,39)(H2,24,29,34)(H2,25,26,27)(H2,35,36,37)/t11-,12+,13?,15+,18+,19+,22+/m0/s1. The average Bonchev–Trinajstić information content (AvgIpc) is 3.67. The molecule has 0 aromatic carbocycles. The molecule has 24 heteroatoms. The number of carbonyl (C=O) groups is 1. The average molecular weight is 704 g/mol. The minimum atomic E-state index is -5.08. The molecule has 2 aliphatic rings. The highest BCUT2D eigenvalue weighted by Gasteiger charge is 2.49. The van der Waals surface area contributed by atoms with Crippen LogP contribution in [-0.4, -0.2) is 98.6 Å². The van der Waals surface area contributed by atoms with Gasteiger partial charge in [-0.15, -0.1) is 6.58 Å². The number of ether oxygens (including phenoxy) is 3. The molecule has 0 aliphatic carbocycles. The number of aromatic nitrogens is 6. The predicted molar refractivity (Wildman–Crippen MR) is 154 cm³/mol. The number of aliphatic hydroxyl groups excluding tert-OH is 1. The number of imidazole rings is 1. The zero-order valence-corrected chi connectivity index (χ0v) is 25.9. The Hall–Kier alpha value is -3.66. The van der Waals surface area contributed by atoms with Crippen molar-refractivity contribution in [3.8, 4) is 0 Å². The third-order valence-corrected chi connectivity index (χ3v) is 8.47. The number of fused-ring (bicyclic) bond motifs is 1. The summed E-state index contributed by atoms with van der Waals surface area (Å²) in [7, 11) is -10.1. The monoisotopic (exact) mass is 704 g/mol. The Morgan fingerprint density at radius 2 is 1.85 bits per heavy atom. The molecule has 22 nitrogen and oxygen atoms in total. The van der Waals surface area contributed by atoms with E-state index in [0.29, 0.717) is 0 Å². The number of nitrogens with two attached hydrogens (primary N) is 2. The number of hydrogen-bond donors (Lipinski definition) is 6. The van der Waals surface area contributed by atoms with Gasteiger partial charge in [0.25, 0.3) is 0 Å². The van der Waals surface area contributed by atoms with Crippen molar-refractivity contribution >= 4 is 44.4 Å². The molecule has 2 fully saturated rings. The molecular formula is C23H30N8O14P2. The lowest BCUT2D eigenvalue weighted by Gasteiger charge is -2.23. The molecule has 5 heterocycles. The summed E-state index contributed by atoms with van der Waals surface area (Å²) in [5.74, 6) is -0.827. The van der Waals surface area contributed by atoms with Crippen LogP contribution in [-0.2, 0) is 41.7 Å². The first kappa shape index (κ1) is 34.7.